The number of hydrogen-bond acceptors (Lipinski definition) is 6. The van der Waals surface area contributed by atoms with Crippen LogP contribution in [0.3, 0.4) is 0 Å². The Hall–Kier alpha value is -1.88. The van der Waals surface area contributed by atoms with E-state index in [1.807, 2.05) is 6.07 Å². The number of hydrogen-bond donors (Lipinski definition) is 1. The average Bonchev–Trinajstić information content (AvgIpc) is 3.37. The summed E-state index contributed by atoms with van der Waals surface area (Å²) in [5.41, 5.74) is 2.08. The van der Waals surface area contributed by atoms with E-state index in [0.29, 0.717) is 35.5 Å². The van der Waals surface area contributed by atoms with E-state index in [2.05, 4.69) is 9.62 Å². The van der Waals surface area contributed by atoms with E-state index >= 15 is 0 Å². The number of likely N-dealkylation sites (tertiary alicyclic amines) is 1. The number of likely N-dealkylation sites (N-methyl/N-ethyl adjacent to an activating group) is 1. The predicted molar refractivity (Wildman–Crippen MR) is 148 cm³/mol. The summed E-state index contributed by atoms with van der Waals surface area (Å²) >= 11 is 12.2. The number of nitrogens with one attached hydrogen (secondary N) is 1. The maximum Gasteiger partial charge on any atom is 0.234 e. The predicted octanol–water partition coefficient (Wildman–Crippen LogP) is 4.24. The summed E-state index contributed by atoms with van der Waals surface area (Å²) in [6.07, 6.45) is 2.43. The largest absolute Gasteiger partial charge is 0.382 e. The topological polar surface area (TPSA) is 88.2 Å². The molecule has 0 aliphatic carbocycles. The molecule has 1 heterocycles. The number of carbonyl (C=O) groups excluding carboxylic acids is 1. The number of benzene rings is 2. The van der Waals surface area contributed by atoms with Gasteiger partial charge >= 0.3 is 0 Å². The summed E-state index contributed by atoms with van der Waals surface area (Å²) in [5.74, 6) is -0.234. The van der Waals surface area contributed by atoms with Crippen molar-refractivity contribution in [2.45, 2.75) is 25.3 Å². The average molecular weight is 573 g/mol. The van der Waals surface area contributed by atoms with Crippen LogP contribution in [0.4, 0.5) is 5.69 Å². The number of amides is 1. The zero-order chi connectivity index (χ0) is 26.8. The number of sulfonamides is 1. The van der Waals surface area contributed by atoms with Crippen molar-refractivity contribution in [2.24, 2.45) is 0 Å². The molecular weight excluding hydrogens is 537 g/mol. The van der Waals surface area contributed by atoms with Crippen LogP contribution in [0.15, 0.2) is 42.5 Å². The monoisotopic (exact) mass is 571 g/mol. The molecule has 1 fully saturated rings. The normalized spacial score (nSPS) is 15.0. The van der Waals surface area contributed by atoms with Gasteiger partial charge in [0.2, 0.25) is 15.9 Å². The van der Waals surface area contributed by atoms with Gasteiger partial charge in [0.25, 0.3) is 0 Å². The van der Waals surface area contributed by atoms with Crippen molar-refractivity contribution in [3.05, 3.63) is 63.6 Å². The number of halogens is 2. The van der Waals surface area contributed by atoms with Crippen LogP contribution >= 0.6 is 23.2 Å². The molecule has 1 aliphatic heterocycles. The molecule has 1 atom stereocenters. The smallest absolute Gasteiger partial charge is 0.234 e. The maximum absolute atomic E-state index is 13.3. The molecular formula is C26H35Cl2N3O5S. The minimum Gasteiger partial charge on any atom is -0.382 e. The van der Waals surface area contributed by atoms with Gasteiger partial charge in [-0.25, -0.2) is 8.42 Å². The van der Waals surface area contributed by atoms with Crippen LogP contribution in [-0.4, -0.2) is 83.5 Å². The summed E-state index contributed by atoms with van der Waals surface area (Å²) in [5, 5.41) is 0.853. The summed E-state index contributed by atoms with van der Waals surface area (Å²) in [7, 11) is -0.256. The Morgan fingerprint density at radius 2 is 1.84 bits per heavy atom. The molecule has 2 aromatic rings. The lowest BCUT2D eigenvalue weighted by Crippen LogP contribution is -2.39. The van der Waals surface area contributed by atoms with Gasteiger partial charge in [-0.3, -0.25) is 9.52 Å². The van der Waals surface area contributed by atoms with E-state index in [9.17, 15) is 13.2 Å². The van der Waals surface area contributed by atoms with Crippen molar-refractivity contribution in [3.8, 4) is 0 Å². The van der Waals surface area contributed by atoms with E-state index in [1.165, 1.54) is 0 Å². The Kier molecular flexibility index (Phi) is 11.5. The van der Waals surface area contributed by atoms with Crippen LogP contribution < -0.4 is 4.72 Å². The van der Waals surface area contributed by atoms with Crippen LogP contribution in [0.25, 0.3) is 0 Å². The Labute approximate surface area is 229 Å². The number of methoxy groups -OCH3 is 1. The number of carbonyl (C=O) groups is 1. The highest BCUT2D eigenvalue weighted by Crippen LogP contribution is 2.27. The molecule has 1 amide bonds. The zero-order valence-electron chi connectivity index (χ0n) is 21.3. The van der Waals surface area contributed by atoms with E-state index < -0.39 is 10.0 Å². The number of ether oxygens (including phenoxy) is 2. The Bertz CT molecular complexity index is 1140. The molecule has 8 nitrogen and oxygen atoms in total. The molecule has 1 aliphatic rings. The molecule has 3 rings (SSSR count). The van der Waals surface area contributed by atoms with Crippen molar-refractivity contribution in [3.63, 3.8) is 0 Å². The SMILES string of the molecule is COCCOCCS(=O)(=O)Nc1cccc([C@@H](CN2CCCC2)N(C)C(=O)Cc2ccc(Cl)c(Cl)c2)c1. The Morgan fingerprint density at radius 3 is 2.54 bits per heavy atom. The Morgan fingerprint density at radius 1 is 1.08 bits per heavy atom. The lowest BCUT2D eigenvalue weighted by Gasteiger charge is -2.32. The maximum atomic E-state index is 13.3. The molecule has 0 bridgehead atoms. The van der Waals surface area contributed by atoms with Gasteiger partial charge < -0.3 is 19.3 Å². The second-order valence-corrected chi connectivity index (χ2v) is 11.8. The van der Waals surface area contributed by atoms with Gasteiger partial charge in [0.1, 0.15) is 0 Å². The van der Waals surface area contributed by atoms with E-state index in [-0.39, 0.29) is 30.7 Å². The molecule has 1 saturated heterocycles. The van der Waals surface area contributed by atoms with Crippen molar-refractivity contribution in [1.29, 1.82) is 0 Å². The number of anilines is 1. The number of rotatable bonds is 14. The van der Waals surface area contributed by atoms with Gasteiger partial charge in [0.15, 0.2) is 0 Å². The molecule has 0 radical (unpaired) electrons. The minimum atomic E-state index is -3.60. The molecule has 37 heavy (non-hydrogen) atoms. The van der Waals surface area contributed by atoms with Crippen LogP contribution in [0, 0.1) is 0 Å². The van der Waals surface area contributed by atoms with Crippen LogP contribution in [-0.2, 0) is 30.7 Å². The fourth-order valence-electron chi connectivity index (χ4n) is 4.24. The lowest BCUT2D eigenvalue weighted by molar-refractivity contribution is -0.131. The van der Waals surface area contributed by atoms with Crippen molar-refractivity contribution in [1.82, 2.24) is 9.80 Å². The summed E-state index contributed by atoms with van der Waals surface area (Å²) in [4.78, 5) is 17.4. The van der Waals surface area contributed by atoms with Gasteiger partial charge in [0.05, 0.1) is 48.1 Å². The van der Waals surface area contributed by atoms with Gasteiger partial charge in [-0.05, 0) is 61.3 Å². The van der Waals surface area contributed by atoms with E-state index in [0.717, 1.165) is 37.1 Å². The highest BCUT2D eigenvalue weighted by Gasteiger charge is 2.26. The quantitative estimate of drug-likeness (QED) is 0.341. The van der Waals surface area contributed by atoms with Gasteiger partial charge in [-0.2, -0.15) is 0 Å². The van der Waals surface area contributed by atoms with E-state index in [4.69, 9.17) is 32.7 Å². The first-order valence-electron chi connectivity index (χ1n) is 12.3. The third-order valence-corrected chi connectivity index (χ3v) is 8.29. The van der Waals surface area contributed by atoms with Crippen LogP contribution in [0.1, 0.15) is 30.0 Å². The van der Waals surface area contributed by atoms with Gasteiger partial charge in [-0.15, -0.1) is 0 Å². The molecule has 0 unspecified atom stereocenters. The fourth-order valence-corrected chi connectivity index (χ4v) is 5.48. The minimum absolute atomic E-state index is 0.0678. The number of nitrogens with zero attached hydrogens (tertiary/aromatic N) is 2. The second kappa shape index (κ2) is 14.3. The van der Waals surface area contributed by atoms with Crippen molar-refractivity contribution >= 4 is 44.8 Å². The van der Waals surface area contributed by atoms with Crippen LogP contribution in [0.5, 0.6) is 0 Å². The van der Waals surface area contributed by atoms with Crippen molar-refractivity contribution in [2.75, 3.05) is 64.1 Å². The third kappa shape index (κ3) is 9.42. The third-order valence-electron chi connectivity index (χ3n) is 6.30. The highest BCUT2D eigenvalue weighted by atomic mass is 35.5. The summed E-state index contributed by atoms with van der Waals surface area (Å²) in [6.45, 7) is 3.42. The lowest BCUT2D eigenvalue weighted by atomic mass is 10.0. The first-order chi connectivity index (χ1) is 17.7. The molecule has 11 heteroatoms. The summed E-state index contributed by atoms with van der Waals surface area (Å²) < 4.78 is 38.0. The highest BCUT2D eigenvalue weighted by molar-refractivity contribution is 7.92. The molecule has 0 aromatic heterocycles. The van der Waals surface area contributed by atoms with Crippen molar-refractivity contribution < 1.29 is 22.7 Å². The first-order valence-corrected chi connectivity index (χ1v) is 14.7. The second-order valence-electron chi connectivity index (χ2n) is 9.10. The Balaban J connectivity index is 1.74. The molecule has 2 aromatic carbocycles. The molecule has 1 N–H and O–H groups in total. The first kappa shape index (κ1) is 29.7. The van der Waals surface area contributed by atoms with Crippen LogP contribution in [0.2, 0.25) is 10.0 Å². The fraction of sp³-hybridized carbons (Fsp3) is 0.500. The van der Waals surface area contributed by atoms with Gasteiger partial charge in [0, 0.05) is 26.4 Å². The molecule has 0 saturated carbocycles. The zero-order valence-corrected chi connectivity index (χ0v) is 23.6. The standard InChI is InChI=1S/C26H35Cl2N3O5S/c1-30(26(32)17-20-8-9-23(27)24(28)16-20)25(19-31-10-3-4-11-31)21-6-5-7-22(18-21)29-37(33,34)15-14-36-13-12-35-2/h5-9,16,18,25,29H,3-4,10-15,17,19H2,1-2H3/t25-/m1/s1. The molecule has 204 valence electrons. The van der Waals surface area contributed by atoms with Gasteiger partial charge in [-0.1, -0.05) is 41.4 Å². The summed E-state index contributed by atoms with van der Waals surface area (Å²) in [6, 6.07) is 12.2. The molecule has 0 spiro atoms. The van der Waals surface area contributed by atoms with E-state index in [1.54, 1.807) is 55.5 Å².